The molecule has 0 aromatic rings. The number of hydrogen-bond donors (Lipinski definition) is 0. The molecule has 7 heteroatoms. The average Bonchev–Trinajstić information content (AvgIpc) is 2.48. The van der Waals surface area contributed by atoms with E-state index in [0.717, 1.165) is 0 Å². The van der Waals surface area contributed by atoms with E-state index < -0.39 is 19.8 Å². The summed E-state index contributed by atoms with van der Waals surface area (Å²) in [7, 11) is -1.73. The first-order valence-electron chi connectivity index (χ1n) is 7.74. The predicted molar refractivity (Wildman–Crippen MR) is 90.1 cm³/mol. The normalized spacial score (nSPS) is 10.1. The standard InChI is InChI=1S/C11H24.C3H8O5SSi/c1-3-5-7-9-11-10-8-6-4-2;1-6-10(7-2)8-3-9(4)5/h3-11H2,1-2H3;3,10H,1-2H3. The van der Waals surface area contributed by atoms with E-state index in [-0.39, 0.29) is 0 Å². The molecule has 0 amide bonds. The summed E-state index contributed by atoms with van der Waals surface area (Å²) in [6, 6.07) is 0. The van der Waals surface area contributed by atoms with E-state index >= 15 is 0 Å². The fourth-order valence-corrected chi connectivity index (χ4v) is 2.82. The zero-order chi connectivity index (χ0) is 16.3. The van der Waals surface area contributed by atoms with Gasteiger partial charge >= 0.3 is 9.53 Å². The molecule has 0 saturated heterocycles. The molecular weight excluding hydrogens is 308 g/mol. The molecule has 0 atom stereocenters. The van der Waals surface area contributed by atoms with Crippen LogP contribution in [0.1, 0.15) is 71.6 Å². The lowest BCUT2D eigenvalue weighted by Crippen LogP contribution is -2.23. The summed E-state index contributed by atoms with van der Waals surface area (Å²) < 4.78 is 33.6. The molecule has 0 N–H and O–H groups in total. The molecule has 0 aliphatic heterocycles. The molecule has 21 heavy (non-hydrogen) atoms. The molecule has 0 aromatic heterocycles. The van der Waals surface area contributed by atoms with Crippen molar-refractivity contribution in [2.24, 2.45) is 0 Å². The Labute approximate surface area is 133 Å². The first-order chi connectivity index (χ1) is 10.1. The molecule has 5 nitrogen and oxygen atoms in total. The van der Waals surface area contributed by atoms with E-state index in [1.54, 1.807) is 0 Å². The molecule has 0 unspecified atom stereocenters. The smallest absolute Gasteiger partial charge is 0.379 e. The van der Waals surface area contributed by atoms with Gasteiger partial charge in [0.05, 0.1) is 0 Å². The van der Waals surface area contributed by atoms with Crippen molar-refractivity contribution in [2.45, 2.75) is 71.6 Å². The zero-order valence-electron chi connectivity index (χ0n) is 14.0. The summed E-state index contributed by atoms with van der Waals surface area (Å²) in [5.41, 5.74) is 0.657. The van der Waals surface area contributed by atoms with E-state index in [2.05, 4.69) is 27.1 Å². The highest BCUT2D eigenvalue weighted by Crippen LogP contribution is 2.08. The number of unbranched alkanes of at least 4 members (excludes halogenated alkanes) is 8. The van der Waals surface area contributed by atoms with Crippen LogP contribution in [0, 0.1) is 0 Å². The van der Waals surface area contributed by atoms with Gasteiger partial charge in [0.25, 0.3) is 0 Å². The van der Waals surface area contributed by atoms with Crippen LogP contribution >= 0.6 is 0 Å². The Morgan fingerprint density at radius 3 is 1.48 bits per heavy atom. The van der Waals surface area contributed by atoms with Crippen LogP contribution < -0.4 is 0 Å². The fourth-order valence-electron chi connectivity index (χ4n) is 1.68. The SMILES string of the molecule is CCCCCCCCCCC.CO[SiH](OC)OC=S(=O)=O. The molecular formula is C14H32O5SSi. The van der Waals surface area contributed by atoms with Crippen molar-refractivity contribution < 1.29 is 21.7 Å². The highest BCUT2D eigenvalue weighted by molar-refractivity contribution is 7.71. The van der Waals surface area contributed by atoms with Gasteiger partial charge in [-0.3, -0.25) is 0 Å². The third kappa shape index (κ3) is 22.2. The second kappa shape index (κ2) is 19.8. The highest BCUT2D eigenvalue weighted by atomic mass is 32.2. The van der Waals surface area contributed by atoms with Crippen LogP contribution in [-0.2, 0) is 23.6 Å². The van der Waals surface area contributed by atoms with Crippen LogP contribution in [0.25, 0.3) is 0 Å². The summed E-state index contributed by atoms with van der Waals surface area (Å²) >= 11 is 0. The van der Waals surface area contributed by atoms with Gasteiger partial charge in [0.1, 0.15) is 0 Å². The third-order valence-corrected chi connectivity index (χ3v) is 4.43. The summed E-state index contributed by atoms with van der Waals surface area (Å²) in [5.74, 6) is 0. The van der Waals surface area contributed by atoms with Crippen molar-refractivity contribution in [3.8, 4) is 0 Å². The first kappa shape index (κ1) is 23.1. The van der Waals surface area contributed by atoms with Gasteiger partial charge < -0.3 is 13.3 Å². The van der Waals surface area contributed by atoms with Gasteiger partial charge in [0, 0.05) is 14.2 Å². The van der Waals surface area contributed by atoms with Crippen molar-refractivity contribution in [1.29, 1.82) is 0 Å². The Kier molecular flexibility index (Phi) is 21.7. The topological polar surface area (TPSA) is 61.8 Å². The van der Waals surface area contributed by atoms with Crippen LogP contribution in [0.5, 0.6) is 0 Å². The zero-order valence-corrected chi connectivity index (χ0v) is 15.9. The second-order valence-corrected chi connectivity index (χ2v) is 7.23. The molecule has 0 heterocycles. The van der Waals surface area contributed by atoms with Gasteiger partial charge in [0.15, 0.2) is 5.55 Å². The Morgan fingerprint density at radius 1 is 0.810 bits per heavy atom. The molecule has 0 aliphatic rings. The maximum atomic E-state index is 9.87. The summed E-state index contributed by atoms with van der Waals surface area (Å²) in [6.07, 6.45) is 13.0. The van der Waals surface area contributed by atoms with Gasteiger partial charge in [-0.25, -0.2) is 0 Å². The van der Waals surface area contributed by atoms with Crippen molar-refractivity contribution in [3.63, 3.8) is 0 Å². The Hall–Kier alpha value is -0.213. The lowest BCUT2D eigenvalue weighted by Gasteiger charge is -2.04. The molecule has 0 spiro atoms. The molecule has 0 saturated carbocycles. The predicted octanol–water partition coefficient (Wildman–Crippen LogP) is 3.19. The van der Waals surface area contributed by atoms with Crippen LogP contribution in [0.3, 0.4) is 0 Å². The number of hydrogen-bond acceptors (Lipinski definition) is 5. The molecule has 0 bridgehead atoms. The maximum absolute atomic E-state index is 9.87. The fraction of sp³-hybridized carbons (Fsp3) is 0.929. The minimum Gasteiger partial charge on any atom is -0.379 e. The maximum Gasteiger partial charge on any atom is 0.488 e. The van der Waals surface area contributed by atoms with Crippen LogP contribution in [0.4, 0.5) is 0 Å². The molecule has 0 aromatic carbocycles. The minimum atomic E-state index is -2.31. The Balaban J connectivity index is 0. The van der Waals surface area contributed by atoms with Crippen LogP contribution in [0.2, 0.25) is 0 Å². The Morgan fingerprint density at radius 2 is 1.19 bits per heavy atom. The van der Waals surface area contributed by atoms with Crippen molar-refractivity contribution in [3.05, 3.63) is 0 Å². The minimum absolute atomic E-state index is 0.657. The first-order valence-corrected chi connectivity index (χ1v) is 10.3. The van der Waals surface area contributed by atoms with Crippen molar-refractivity contribution in [1.82, 2.24) is 0 Å². The van der Waals surface area contributed by atoms with Crippen molar-refractivity contribution in [2.75, 3.05) is 14.2 Å². The van der Waals surface area contributed by atoms with Gasteiger partial charge in [0.2, 0.25) is 10.3 Å². The largest absolute Gasteiger partial charge is 0.488 e. The third-order valence-electron chi connectivity index (χ3n) is 2.84. The van der Waals surface area contributed by atoms with Crippen LogP contribution in [-0.4, -0.2) is 37.7 Å². The molecule has 128 valence electrons. The highest BCUT2D eigenvalue weighted by Gasteiger charge is 2.08. The van der Waals surface area contributed by atoms with E-state index in [4.69, 9.17) is 0 Å². The van der Waals surface area contributed by atoms with Gasteiger partial charge in [-0.05, 0) is 0 Å². The molecule has 0 aliphatic carbocycles. The summed E-state index contributed by atoms with van der Waals surface area (Å²) in [5, 5.41) is 0. The summed E-state index contributed by atoms with van der Waals surface area (Å²) in [4.78, 5) is 0. The van der Waals surface area contributed by atoms with Crippen molar-refractivity contribution >= 4 is 25.4 Å². The molecule has 0 fully saturated rings. The van der Waals surface area contributed by atoms with E-state index in [1.807, 2.05) is 0 Å². The summed E-state index contributed by atoms with van der Waals surface area (Å²) in [6.45, 7) is 4.55. The monoisotopic (exact) mass is 340 g/mol. The lowest BCUT2D eigenvalue weighted by atomic mass is 10.1. The van der Waals surface area contributed by atoms with E-state index in [9.17, 15) is 8.42 Å². The molecule has 0 radical (unpaired) electrons. The average molecular weight is 341 g/mol. The Bertz CT molecular complexity index is 299. The van der Waals surface area contributed by atoms with E-state index in [0.29, 0.717) is 5.55 Å². The number of rotatable bonds is 12. The van der Waals surface area contributed by atoms with E-state index in [1.165, 1.54) is 72.0 Å². The van der Waals surface area contributed by atoms with Crippen LogP contribution in [0.15, 0.2) is 0 Å². The van der Waals surface area contributed by atoms with Gasteiger partial charge in [-0.1, -0.05) is 71.6 Å². The van der Waals surface area contributed by atoms with Gasteiger partial charge in [-0.2, -0.15) is 8.42 Å². The van der Waals surface area contributed by atoms with Gasteiger partial charge in [-0.15, -0.1) is 0 Å². The quantitative estimate of drug-likeness (QED) is 0.310. The molecule has 0 rings (SSSR count). The lowest BCUT2D eigenvalue weighted by molar-refractivity contribution is 0.202. The second-order valence-electron chi connectivity index (χ2n) is 4.73.